The van der Waals surface area contributed by atoms with E-state index >= 15 is 0 Å². The largest absolute Gasteiger partial charge is 0.424 e. The number of benzene rings is 1. The summed E-state index contributed by atoms with van der Waals surface area (Å²) in [6, 6.07) is 13.6. The lowest BCUT2D eigenvalue weighted by Crippen LogP contribution is -2.35. The van der Waals surface area contributed by atoms with E-state index in [0.29, 0.717) is 42.6 Å². The highest BCUT2D eigenvalue weighted by Gasteiger charge is 2.45. The van der Waals surface area contributed by atoms with Gasteiger partial charge in [-0.15, -0.1) is 10.2 Å². The van der Waals surface area contributed by atoms with Gasteiger partial charge in [-0.3, -0.25) is 9.78 Å². The van der Waals surface area contributed by atoms with E-state index in [1.54, 1.807) is 6.20 Å². The summed E-state index contributed by atoms with van der Waals surface area (Å²) in [5.41, 5.74) is 1.89. The summed E-state index contributed by atoms with van der Waals surface area (Å²) in [6.45, 7) is 0.560. The minimum atomic E-state index is -0.221. The third-order valence-corrected chi connectivity index (χ3v) is 5.73. The first-order valence-electron chi connectivity index (χ1n) is 9.91. The van der Waals surface area contributed by atoms with Crippen LogP contribution in [0.1, 0.15) is 48.7 Å². The van der Waals surface area contributed by atoms with Crippen molar-refractivity contribution >= 4 is 17.5 Å². The lowest BCUT2D eigenvalue weighted by molar-refractivity contribution is -0.121. The average molecular weight is 411 g/mol. The highest BCUT2D eigenvalue weighted by molar-refractivity contribution is 6.30. The van der Waals surface area contributed by atoms with Crippen LogP contribution in [0.25, 0.3) is 0 Å². The number of aryl methyl sites for hydroxylation is 1. The molecule has 0 bridgehead atoms. The number of nitrogens with zero attached hydrogens (tertiary/aromatic N) is 3. The molecule has 7 heteroatoms. The third-order valence-electron chi connectivity index (χ3n) is 5.48. The Hall–Kier alpha value is -2.73. The summed E-state index contributed by atoms with van der Waals surface area (Å²) in [4.78, 5) is 16.3. The van der Waals surface area contributed by atoms with Gasteiger partial charge in [0.15, 0.2) is 0 Å². The molecule has 0 spiro atoms. The number of carbonyl (C=O) groups excluding carboxylic acids is 1. The molecule has 1 aliphatic carbocycles. The Morgan fingerprint density at radius 3 is 2.62 bits per heavy atom. The predicted molar refractivity (Wildman–Crippen MR) is 110 cm³/mol. The Balaban J connectivity index is 1.31. The first-order valence-corrected chi connectivity index (χ1v) is 10.3. The molecule has 2 aromatic heterocycles. The molecule has 150 valence electrons. The van der Waals surface area contributed by atoms with Crippen molar-refractivity contribution in [2.45, 2.75) is 43.9 Å². The number of aromatic nitrogens is 3. The molecule has 1 aliphatic rings. The van der Waals surface area contributed by atoms with Crippen molar-refractivity contribution in [3.63, 3.8) is 0 Å². The number of nitrogens with one attached hydrogen (secondary N) is 1. The number of amides is 1. The Kier molecular flexibility index (Phi) is 5.90. The quantitative estimate of drug-likeness (QED) is 0.609. The molecule has 0 radical (unpaired) electrons. The summed E-state index contributed by atoms with van der Waals surface area (Å²) in [5, 5.41) is 12.1. The van der Waals surface area contributed by atoms with Crippen molar-refractivity contribution in [3.05, 3.63) is 76.7 Å². The maximum atomic E-state index is 12.1. The minimum absolute atomic E-state index is 0.0308. The van der Waals surface area contributed by atoms with Gasteiger partial charge in [-0.25, -0.2) is 0 Å². The van der Waals surface area contributed by atoms with Crippen LogP contribution < -0.4 is 5.32 Å². The Morgan fingerprint density at radius 1 is 1.10 bits per heavy atom. The smallest absolute Gasteiger partial charge is 0.227 e. The second-order valence-corrected chi connectivity index (χ2v) is 7.80. The zero-order chi connectivity index (χ0) is 20.1. The standard InChI is InChI=1S/C22H23ClN4O2/c23-17-7-5-16(6-8-17)22(12-3-13-22)21-27-26-20(29-21)10-9-19(28)25-15-11-18-4-1-2-14-24-18/h1-2,4-8,14H,3,9-13,15H2,(H,25,28). The Bertz CT molecular complexity index is 952. The van der Waals surface area contributed by atoms with E-state index in [0.717, 1.165) is 30.5 Å². The fourth-order valence-corrected chi connectivity index (χ4v) is 3.78. The molecule has 3 aromatic rings. The van der Waals surface area contributed by atoms with E-state index in [1.807, 2.05) is 42.5 Å². The molecular formula is C22H23ClN4O2. The van der Waals surface area contributed by atoms with Gasteiger partial charge < -0.3 is 9.73 Å². The van der Waals surface area contributed by atoms with Crippen molar-refractivity contribution in [3.8, 4) is 0 Å². The highest BCUT2D eigenvalue weighted by atomic mass is 35.5. The van der Waals surface area contributed by atoms with E-state index in [9.17, 15) is 4.79 Å². The zero-order valence-electron chi connectivity index (χ0n) is 16.1. The molecule has 0 unspecified atom stereocenters. The van der Waals surface area contributed by atoms with Gasteiger partial charge in [0.25, 0.3) is 0 Å². The summed E-state index contributed by atoms with van der Waals surface area (Å²) in [6.07, 6.45) is 6.29. The lowest BCUT2D eigenvalue weighted by atomic mass is 9.64. The van der Waals surface area contributed by atoms with E-state index in [-0.39, 0.29) is 11.3 Å². The maximum absolute atomic E-state index is 12.1. The zero-order valence-corrected chi connectivity index (χ0v) is 16.9. The molecular weight excluding hydrogens is 388 g/mol. The van der Waals surface area contributed by atoms with Gasteiger partial charge in [-0.2, -0.15) is 0 Å². The van der Waals surface area contributed by atoms with Gasteiger partial charge in [0.1, 0.15) is 0 Å². The number of carbonyl (C=O) groups is 1. The first-order chi connectivity index (χ1) is 14.2. The monoisotopic (exact) mass is 410 g/mol. The van der Waals surface area contributed by atoms with Gasteiger partial charge >= 0.3 is 0 Å². The van der Waals surface area contributed by atoms with Crippen molar-refractivity contribution in [1.82, 2.24) is 20.5 Å². The normalized spacial score (nSPS) is 14.9. The third kappa shape index (κ3) is 4.48. The number of halogens is 1. The topological polar surface area (TPSA) is 80.9 Å². The van der Waals surface area contributed by atoms with Crippen LogP contribution in [-0.2, 0) is 23.1 Å². The molecule has 4 rings (SSSR count). The van der Waals surface area contributed by atoms with Crippen LogP contribution in [-0.4, -0.2) is 27.6 Å². The van der Waals surface area contributed by atoms with Gasteiger partial charge in [0.2, 0.25) is 17.7 Å². The van der Waals surface area contributed by atoms with Crippen molar-refractivity contribution < 1.29 is 9.21 Å². The second kappa shape index (κ2) is 8.74. The SMILES string of the molecule is O=C(CCc1nnc(C2(c3ccc(Cl)cc3)CCC2)o1)NCCc1ccccn1. The Labute approximate surface area is 174 Å². The average Bonchev–Trinajstić information content (AvgIpc) is 3.17. The molecule has 0 atom stereocenters. The number of rotatable bonds is 8. The first kappa shape index (κ1) is 19.6. The van der Waals surface area contributed by atoms with E-state index in [4.69, 9.17) is 16.0 Å². The Morgan fingerprint density at radius 2 is 1.93 bits per heavy atom. The molecule has 1 saturated carbocycles. The van der Waals surface area contributed by atoms with Crippen LogP contribution in [0.5, 0.6) is 0 Å². The molecule has 1 aromatic carbocycles. The lowest BCUT2D eigenvalue weighted by Gasteiger charge is -2.39. The summed E-state index contributed by atoms with van der Waals surface area (Å²) in [7, 11) is 0. The second-order valence-electron chi connectivity index (χ2n) is 7.36. The van der Waals surface area contributed by atoms with E-state index in [1.165, 1.54) is 0 Å². The van der Waals surface area contributed by atoms with Crippen LogP contribution in [0.3, 0.4) is 0 Å². The number of hydrogen-bond acceptors (Lipinski definition) is 5. The van der Waals surface area contributed by atoms with Crippen LogP contribution >= 0.6 is 11.6 Å². The summed E-state index contributed by atoms with van der Waals surface area (Å²) < 4.78 is 5.95. The van der Waals surface area contributed by atoms with Gasteiger partial charge in [-0.05, 0) is 42.7 Å². The molecule has 29 heavy (non-hydrogen) atoms. The molecule has 0 aliphatic heterocycles. The van der Waals surface area contributed by atoms with Crippen molar-refractivity contribution in [1.29, 1.82) is 0 Å². The molecule has 1 amide bonds. The van der Waals surface area contributed by atoms with Gasteiger partial charge in [0.05, 0.1) is 5.41 Å². The number of hydrogen-bond donors (Lipinski definition) is 1. The van der Waals surface area contributed by atoms with Gasteiger partial charge in [-0.1, -0.05) is 36.2 Å². The molecule has 1 fully saturated rings. The van der Waals surface area contributed by atoms with Crippen LogP contribution in [0.15, 0.2) is 53.1 Å². The van der Waals surface area contributed by atoms with Gasteiger partial charge in [0, 0.05) is 42.7 Å². The minimum Gasteiger partial charge on any atom is -0.424 e. The molecule has 2 heterocycles. The fraction of sp³-hybridized carbons (Fsp3) is 0.364. The summed E-state index contributed by atoms with van der Waals surface area (Å²) in [5.74, 6) is 1.11. The maximum Gasteiger partial charge on any atom is 0.227 e. The predicted octanol–water partition coefficient (Wildman–Crippen LogP) is 3.88. The van der Waals surface area contributed by atoms with Crippen molar-refractivity contribution in [2.75, 3.05) is 6.54 Å². The fourth-order valence-electron chi connectivity index (χ4n) is 3.66. The molecule has 6 nitrogen and oxygen atoms in total. The highest BCUT2D eigenvalue weighted by Crippen LogP contribution is 2.48. The van der Waals surface area contributed by atoms with E-state index in [2.05, 4.69) is 20.5 Å². The molecule has 1 N–H and O–H groups in total. The van der Waals surface area contributed by atoms with Crippen molar-refractivity contribution in [2.24, 2.45) is 0 Å². The van der Waals surface area contributed by atoms with E-state index < -0.39 is 0 Å². The van der Waals surface area contributed by atoms with Crippen LogP contribution in [0.2, 0.25) is 5.02 Å². The summed E-state index contributed by atoms with van der Waals surface area (Å²) >= 11 is 6.02. The molecule has 0 saturated heterocycles. The van der Waals surface area contributed by atoms with Crippen LogP contribution in [0.4, 0.5) is 0 Å². The number of pyridine rings is 1. The van der Waals surface area contributed by atoms with Crippen LogP contribution in [0, 0.1) is 0 Å².